The summed E-state index contributed by atoms with van der Waals surface area (Å²) < 4.78 is 32.4. The average Bonchev–Trinajstić information content (AvgIpc) is 2.74. The summed E-state index contributed by atoms with van der Waals surface area (Å²) in [5.41, 5.74) is 2.56. The molecule has 3 aromatic rings. The van der Waals surface area contributed by atoms with Gasteiger partial charge in [-0.2, -0.15) is 0 Å². The third kappa shape index (κ3) is 4.41. The number of hydrogen-bond donors (Lipinski definition) is 1. The molecule has 0 aromatic heterocycles. The Hall–Kier alpha value is -3.32. The molecule has 0 saturated carbocycles. The topological polar surface area (TPSA) is 75.7 Å². The van der Waals surface area contributed by atoms with E-state index in [0.29, 0.717) is 22.7 Å². The number of anilines is 2. The van der Waals surface area contributed by atoms with Crippen LogP contribution in [0.25, 0.3) is 0 Å². The Morgan fingerprint density at radius 1 is 0.931 bits per heavy atom. The molecule has 0 aliphatic rings. The average molecular weight is 410 g/mol. The standard InChI is InChI=1S/C22H22N2O4S/c1-16-8-12-18(13-9-16)23-22(25)17-10-14-19(15-11-17)29(26,27)24(2)20-6-4-5-7-21(20)28-3/h4-15H,1-3H3,(H,23,25). The van der Waals surface area contributed by atoms with E-state index in [1.807, 2.05) is 31.2 Å². The zero-order valence-corrected chi connectivity index (χ0v) is 17.2. The van der Waals surface area contributed by atoms with Crippen LogP contribution in [0, 0.1) is 6.92 Å². The van der Waals surface area contributed by atoms with E-state index in [1.165, 1.54) is 38.4 Å². The van der Waals surface area contributed by atoms with Crippen LogP contribution in [0.1, 0.15) is 15.9 Å². The van der Waals surface area contributed by atoms with Crippen LogP contribution < -0.4 is 14.4 Å². The van der Waals surface area contributed by atoms with Crippen molar-refractivity contribution in [1.82, 2.24) is 0 Å². The van der Waals surface area contributed by atoms with Crippen molar-refractivity contribution in [1.29, 1.82) is 0 Å². The van der Waals surface area contributed by atoms with Crippen molar-refractivity contribution < 1.29 is 17.9 Å². The van der Waals surface area contributed by atoms with Crippen molar-refractivity contribution >= 4 is 27.3 Å². The fourth-order valence-electron chi connectivity index (χ4n) is 2.80. The number of benzene rings is 3. The van der Waals surface area contributed by atoms with Gasteiger partial charge < -0.3 is 10.1 Å². The number of carbonyl (C=O) groups excluding carboxylic acids is 1. The first-order valence-corrected chi connectivity index (χ1v) is 10.4. The van der Waals surface area contributed by atoms with Gasteiger partial charge in [0.1, 0.15) is 5.75 Å². The molecule has 0 heterocycles. The van der Waals surface area contributed by atoms with Gasteiger partial charge in [0.25, 0.3) is 15.9 Å². The molecule has 0 atom stereocenters. The third-order valence-electron chi connectivity index (χ3n) is 4.51. The van der Waals surface area contributed by atoms with Crippen LogP contribution >= 0.6 is 0 Å². The van der Waals surface area contributed by atoms with Gasteiger partial charge in [-0.1, -0.05) is 29.8 Å². The number of amides is 1. The van der Waals surface area contributed by atoms with Gasteiger partial charge in [0.05, 0.1) is 17.7 Å². The molecule has 0 spiro atoms. The van der Waals surface area contributed by atoms with Crippen LogP contribution in [0.15, 0.2) is 77.7 Å². The highest BCUT2D eigenvalue weighted by Gasteiger charge is 2.23. The molecule has 1 amide bonds. The van der Waals surface area contributed by atoms with Crippen LogP contribution in [-0.4, -0.2) is 28.5 Å². The lowest BCUT2D eigenvalue weighted by molar-refractivity contribution is 0.102. The molecule has 0 bridgehead atoms. The molecular formula is C22H22N2O4S. The first-order chi connectivity index (χ1) is 13.8. The summed E-state index contributed by atoms with van der Waals surface area (Å²) in [4.78, 5) is 12.5. The van der Waals surface area contributed by atoms with Crippen molar-refractivity contribution in [2.24, 2.45) is 0 Å². The van der Waals surface area contributed by atoms with Gasteiger partial charge in [-0.3, -0.25) is 9.10 Å². The Morgan fingerprint density at radius 3 is 2.17 bits per heavy atom. The van der Waals surface area contributed by atoms with Crippen molar-refractivity contribution in [2.45, 2.75) is 11.8 Å². The molecule has 0 saturated heterocycles. The Morgan fingerprint density at radius 2 is 1.55 bits per heavy atom. The van der Waals surface area contributed by atoms with Crippen molar-refractivity contribution in [2.75, 3.05) is 23.8 Å². The quantitative estimate of drug-likeness (QED) is 0.664. The maximum Gasteiger partial charge on any atom is 0.264 e. The summed E-state index contributed by atoms with van der Waals surface area (Å²) in [5.74, 6) is 0.142. The highest BCUT2D eigenvalue weighted by Crippen LogP contribution is 2.30. The summed E-state index contributed by atoms with van der Waals surface area (Å²) in [6.07, 6.45) is 0. The van der Waals surface area contributed by atoms with Crippen molar-refractivity contribution in [3.63, 3.8) is 0 Å². The number of methoxy groups -OCH3 is 1. The lowest BCUT2D eigenvalue weighted by Gasteiger charge is -2.21. The molecule has 29 heavy (non-hydrogen) atoms. The Kier molecular flexibility index (Phi) is 5.89. The second kappa shape index (κ2) is 8.36. The smallest absolute Gasteiger partial charge is 0.264 e. The largest absolute Gasteiger partial charge is 0.495 e. The molecule has 0 aliphatic carbocycles. The number of hydrogen-bond acceptors (Lipinski definition) is 4. The van der Waals surface area contributed by atoms with Gasteiger partial charge in [-0.05, 0) is 55.5 Å². The van der Waals surface area contributed by atoms with Gasteiger partial charge in [-0.25, -0.2) is 8.42 Å². The first kappa shape index (κ1) is 20.4. The van der Waals surface area contributed by atoms with E-state index in [2.05, 4.69) is 5.32 Å². The van der Waals surface area contributed by atoms with E-state index in [-0.39, 0.29) is 10.8 Å². The number of sulfonamides is 1. The zero-order chi connectivity index (χ0) is 21.0. The van der Waals surface area contributed by atoms with Crippen molar-refractivity contribution in [3.05, 3.63) is 83.9 Å². The molecule has 7 heteroatoms. The summed E-state index contributed by atoms with van der Waals surface area (Å²) in [6, 6.07) is 20.1. The highest BCUT2D eigenvalue weighted by atomic mass is 32.2. The minimum Gasteiger partial charge on any atom is -0.495 e. The molecule has 0 fully saturated rings. The first-order valence-electron chi connectivity index (χ1n) is 8.93. The van der Waals surface area contributed by atoms with E-state index in [0.717, 1.165) is 9.87 Å². The molecule has 150 valence electrons. The molecule has 1 N–H and O–H groups in total. The summed E-state index contributed by atoms with van der Waals surface area (Å²) in [7, 11) is -0.859. The Labute approximate surface area is 170 Å². The number of aryl methyl sites for hydroxylation is 1. The van der Waals surface area contributed by atoms with E-state index in [1.54, 1.807) is 24.3 Å². The Balaban J connectivity index is 1.81. The summed E-state index contributed by atoms with van der Waals surface area (Å²) >= 11 is 0. The van der Waals surface area contributed by atoms with Gasteiger partial charge in [0.15, 0.2) is 0 Å². The van der Waals surface area contributed by atoms with E-state index < -0.39 is 10.0 Å². The van der Waals surface area contributed by atoms with Gasteiger partial charge in [0.2, 0.25) is 0 Å². The number of rotatable bonds is 6. The van der Waals surface area contributed by atoms with Crippen LogP contribution in [0.3, 0.4) is 0 Å². The SMILES string of the molecule is COc1ccccc1N(C)S(=O)(=O)c1ccc(C(=O)Nc2ccc(C)cc2)cc1. The minimum atomic E-state index is -3.81. The number of nitrogens with zero attached hydrogens (tertiary/aromatic N) is 1. The second-order valence-corrected chi connectivity index (χ2v) is 8.46. The van der Waals surface area contributed by atoms with Crippen LogP contribution in [0.2, 0.25) is 0 Å². The highest BCUT2D eigenvalue weighted by molar-refractivity contribution is 7.92. The van der Waals surface area contributed by atoms with Crippen molar-refractivity contribution in [3.8, 4) is 5.75 Å². The lowest BCUT2D eigenvalue weighted by atomic mass is 10.2. The monoisotopic (exact) mass is 410 g/mol. The second-order valence-electron chi connectivity index (χ2n) is 6.49. The molecule has 3 aromatic carbocycles. The minimum absolute atomic E-state index is 0.0813. The maximum absolute atomic E-state index is 13.0. The van der Waals surface area contributed by atoms with Crippen LogP contribution in [0.5, 0.6) is 5.75 Å². The summed E-state index contributed by atoms with van der Waals surface area (Å²) in [5, 5.41) is 2.79. The molecule has 0 aliphatic heterocycles. The Bertz CT molecular complexity index is 1110. The van der Waals surface area contributed by atoms with Crippen LogP contribution in [0.4, 0.5) is 11.4 Å². The van der Waals surface area contributed by atoms with E-state index >= 15 is 0 Å². The number of ether oxygens (including phenoxy) is 1. The van der Waals surface area contributed by atoms with E-state index in [4.69, 9.17) is 4.74 Å². The van der Waals surface area contributed by atoms with Gasteiger partial charge in [0, 0.05) is 18.3 Å². The van der Waals surface area contributed by atoms with Crippen LogP contribution in [-0.2, 0) is 10.0 Å². The van der Waals surface area contributed by atoms with E-state index in [9.17, 15) is 13.2 Å². The third-order valence-corrected chi connectivity index (χ3v) is 6.29. The predicted molar refractivity (Wildman–Crippen MR) is 114 cm³/mol. The molecule has 0 radical (unpaired) electrons. The number of nitrogens with one attached hydrogen (secondary N) is 1. The number of para-hydroxylation sites is 2. The molecule has 6 nitrogen and oxygen atoms in total. The predicted octanol–water partition coefficient (Wildman–Crippen LogP) is 4.08. The maximum atomic E-state index is 13.0. The number of carbonyl (C=O) groups is 1. The zero-order valence-electron chi connectivity index (χ0n) is 16.4. The molecule has 3 rings (SSSR count). The fraction of sp³-hybridized carbons (Fsp3) is 0.136. The molecular weight excluding hydrogens is 388 g/mol. The molecule has 0 unspecified atom stereocenters. The lowest BCUT2D eigenvalue weighted by Crippen LogP contribution is -2.27. The van der Waals surface area contributed by atoms with Gasteiger partial charge >= 0.3 is 0 Å². The fourth-order valence-corrected chi connectivity index (χ4v) is 4.00. The van der Waals surface area contributed by atoms with Gasteiger partial charge in [-0.15, -0.1) is 0 Å². The normalized spacial score (nSPS) is 11.0. The summed E-state index contributed by atoms with van der Waals surface area (Å²) in [6.45, 7) is 1.97.